The summed E-state index contributed by atoms with van der Waals surface area (Å²) in [5.41, 5.74) is 0. The minimum atomic E-state index is -1.67. The van der Waals surface area contributed by atoms with Crippen LogP contribution in [0.1, 0.15) is 0 Å². The van der Waals surface area contributed by atoms with Gasteiger partial charge in [0, 0.05) is 12.1 Å². The molecule has 120 valence electrons. The summed E-state index contributed by atoms with van der Waals surface area (Å²) in [5, 5.41) is 4.28. The van der Waals surface area contributed by atoms with Gasteiger partial charge in [0.2, 0.25) is 0 Å². The van der Waals surface area contributed by atoms with E-state index in [1.165, 1.54) is 15.9 Å². The lowest BCUT2D eigenvalue weighted by Crippen LogP contribution is -2.02. The summed E-state index contributed by atoms with van der Waals surface area (Å²) >= 11 is 10.7. The Morgan fingerprint density at radius 3 is 1.75 bits per heavy atom. The highest BCUT2D eigenvalue weighted by Crippen LogP contribution is 3.04. The first-order valence-corrected chi connectivity index (χ1v) is 17.8. The zero-order valence-electron chi connectivity index (χ0n) is 12.7. The molecule has 0 nitrogen and oxygen atoms in total. The zero-order chi connectivity index (χ0) is 16.4. The van der Waals surface area contributed by atoms with Crippen LogP contribution in [-0.2, 0) is 11.8 Å². The van der Waals surface area contributed by atoms with Crippen molar-refractivity contribution in [3.05, 3.63) is 91.0 Å². The number of benzene rings is 3. The number of hydrogen-bond acceptors (Lipinski definition) is 3. The average molecular weight is 420 g/mol. The second kappa shape index (κ2) is 7.63. The van der Waals surface area contributed by atoms with Crippen LogP contribution in [0.4, 0.5) is 0 Å². The molecule has 1 heterocycles. The fourth-order valence-corrected chi connectivity index (χ4v) is 51.8. The summed E-state index contributed by atoms with van der Waals surface area (Å²) in [7, 11) is 0. The minimum absolute atomic E-state index is 0.307. The molecule has 3 aromatic rings. The van der Waals surface area contributed by atoms with E-state index in [2.05, 4.69) is 113 Å². The number of hydrogen-bond donors (Lipinski definition) is 0. The van der Waals surface area contributed by atoms with E-state index in [-0.39, 0.29) is 6.33 Å². The van der Waals surface area contributed by atoms with Gasteiger partial charge in [-0.3, -0.25) is 0 Å². The van der Waals surface area contributed by atoms with Crippen LogP contribution in [-0.4, -0.2) is 0 Å². The smallest absolute Gasteiger partial charge is 0.0743 e. The third-order valence-corrected chi connectivity index (χ3v) is 37.6. The van der Waals surface area contributed by atoms with Crippen molar-refractivity contribution < 1.29 is 0 Å². The Hall–Kier alpha value is -0.130. The van der Waals surface area contributed by atoms with Crippen LogP contribution in [0.2, 0.25) is 0 Å². The van der Waals surface area contributed by atoms with Gasteiger partial charge in [0.15, 0.2) is 0 Å². The Balaban J connectivity index is 1.79. The molecule has 3 aromatic carbocycles. The van der Waals surface area contributed by atoms with Gasteiger partial charge in [-0.25, -0.2) is 0 Å². The maximum atomic E-state index is 6.41. The second-order valence-electron chi connectivity index (χ2n) is 5.22. The molecule has 4 rings (SSSR count). The van der Waals surface area contributed by atoms with Crippen LogP contribution in [0.25, 0.3) is 0 Å². The summed E-state index contributed by atoms with van der Waals surface area (Å²) in [4.78, 5) is -1.67. The molecule has 24 heavy (non-hydrogen) atoms. The van der Waals surface area contributed by atoms with Crippen molar-refractivity contribution in [2.45, 2.75) is 0 Å². The maximum absolute atomic E-state index is 6.41. The standard InChI is InChI=1S/C18H15P3S3/c22-21(18-14-8-3-9-15-18)19(16-10-4-1-5-11-16)23-20(24-21)17-12-6-2-7-13-17/h1-15H. The van der Waals surface area contributed by atoms with E-state index in [4.69, 9.17) is 11.8 Å². The Kier molecular flexibility index (Phi) is 5.50. The molecule has 1 aliphatic heterocycles. The third-order valence-electron chi connectivity index (χ3n) is 3.60. The molecule has 1 fully saturated rings. The van der Waals surface area contributed by atoms with E-state index >= 15 is 0 Å². The molecule has 3 atom stereocenters. The van der Waals surface area contributed by atoms with Crippen molar-refractivity contribution in [1.82, 2.24) is 0 Å². The largest absolute Gasteiger partial charge is 0.0787 e. The topological polar surface area (TPSA) is 0 Å². The summed E-state index contributed by atoms with van der Waals surface area (Å²) in [6.07, 6.45) is -0.307. The van der Waals surface area contributed by atoms with Gasteiger partial charge in [0.1, 0.15) is 0 Å². The molecule has 3 unspecified atom stereocenters. The lowest BCUT2D eigenvalue weighted by Gasteiger charge is -2.22. The van der Waals surface area contributed by atoms with E-state index in [1.807, 2.05) is 0 Å². The highest BCUT2D eigenvalue weighted by Gasteiger charge is 2.44. The van der Waals surface area contributed by atoms with Crippen molar-refractivity contribution in [3.8, 4) is 0 Å². The Morgan fingerprint density at radius 1 is 0.667 bits per heavy atom. The van der Waals surface area contributed by atoms with E-state index in [9.17, 15) is 0 Å². The molecule has 1 saturated heterocycles. The van der Waals surface area contributed by atoms with Crippen molar-refractivity contribution in [1.29, 1.82) is 0 Å². The zero-order valence-corrected chi connectivity index (χ0v) is 17.9. The first-order chi connectivity index (χ1) is 11.8. The summed E-state index contributed by atoms with van der Waals surface area (Å²) < 4.78 is 0. The van der Waals surface area contributed by atoms with Crippen LogP contribution < -0.4 is 15.9 Å². The van der Waals surface area contributed by atoms with Gasteiger partial charge in [0.05, 0.1) is 11.3 Å². The third kappa shape index (κ3) is 3.41. The molecule has 0 spiro atoms. The molecule has 0 saturated carbocycles. The lowest BCUT2D eigenvalue weighted by atomic mass is 10.4. The fraction of sp³-hybridized carbons (Fsp3) is 0. The van der Waals surface area contributed by atoms with E-state index in [1.54, 1.807) is 0 Å². The monoisotopic (exact) mass is 420 g/mol. The van der Waals surface area contributed by atoms with Crippen molar-refractivity contribution >= 4 is 67.8 Å². The lowest BCUT2D eigenvalue weighted by molar-refractivity contribution is 1.78. The molecule has 0 N–H and O–H groups in total. The van der Waals surface area contributed by atoms with Crippen molar-refractivity contribution in [2.24, 2.45) is 0 Å². The van der Waals surface area contributed by atoms with E-state index in [0.29, 0.717) is 0 Å². The minimum Gasteiger partial charge on any atom is -0.0787 e. The van der Waals surface area contributed by atoms with Crippen LogP contribution in [0.3, 0.4) is 0 Å². The summed E-state index contributed by atoms with van der Waals surface area (Å²) in [6, 6.07) is 32.7. The molecular formula is C18H15P3S3. The normalized spacial score (nSPS) is 26.3. The highest BCUT2D eigenvalue weighted by atomic mass is 33.6. The van der Waals surface area contributed by atoms with Crippen LogP contribution in [0.5, 0.6) is 0 Å². The van der Waals surface area contributed by atoms with Gasteiger partial charge >= 0.3 is 0 Å². The molecule has 1 aliphatic rings. The van der Waals surface area contributed by atoms with Gasteiger partial charge in [0.25, 0.3) is 0 Å². The Morgan fingerprint density at radius 2 is 1.17 bits per heavy atom. The van der Waals surface area contributed by atoms with Gasteiger partial charge in [-0.1, -0.05) is 125 Å². The van der Waals surface area contributed by atoms with Gasteiger partial charge < -0.3 is 0 Å². The molecule has 0 aromatic heterocycles. The molecular weight excluding hydrogens is 405 g/mol. The quantitative estimate of drug-likeness (QED) is 0.446. The SMILES string of the molecule is S=P1(c2ccccc2)SP(c2ccccc2)SP1c1ccccc1. The maximum Gasteiger partial charge on any atom is 0.0743 e. The summed E-state index contributed by atoms with van der Waals surface area (Å²) in [5.74, 6) is 0. The molecule has 0 bridgehead atoms. The van der Waals surface area contributed by atoms with Gasteiger partial charge in [-0.05, 0) is 10.6 Å². The number of rotatable bonds is 3. The molecule has 6 heteroatoms. The molecule has 0 radical (unpaired) electrons. The first-order valence-electron chi connectivity index (χ1n) is 7.52. The fourth-order valence-electron chi connectivity index (χ4n) is 2.43. The predicted molar refractivity (Wildman–Crippen MR) is 122 cm³/mol. The van der Waals surface area contributed by atoms with Crippen LogP contribution in [0, 0.1) is 0 Å². The highest BCUT2D eigenvalue weighted by molar-refractivity contribution is 9.37. The summed E-state index contributed by atoms with van der Waals surface area (Å²) in [6.45, 7) is -0.391. The van der Waals surface area contributed by atoms with Gasteiger partial charge in [-0.15, -0.1) is 0 Å². The van der Waals surface area contributed by atoms with Crippen molar-refractivity contribution in [3.63, 3.8) is 0 Å². The second-order valence-corrected chi connectivity index (χ2v) is 26.5. The van der Waals surface area contributed by atoms with Gasteiger partial charge in [-0.2, -0.15) is 0 Å². The van der Waals surface area contributed by atoms with Crippen LogP contribution in [0.15, 0.2) is 91.0 Å². The van der Waals surface area contributed by atoms with Crippen molar-refractivity contribution in [2.75, 3.05) is 0 Å². The van der Waals surface area contributed by atoms with E-state index in [0.717, 1.165) is 0 Å². The molecule has 0 aliphatic carbocycles. The molecule has 0 amide bonds. The Labute approximate surface area is 158 Å². The average Bonchev–Trinajstić information content (AvgIpc) is 3.03. The van der Waals surface area contributed by atoms with Crippen LogP contribution >= 0.6 is 40.1 Å². The van der Waals surface area contributed by atoms with E-state index < -0.39 is 11.7 Å². The predicted octanol–water partition coefficient (Wildman–Crippen LogP) is 6.46. The first kappa shape index (κ1) is 17.3. The Bertz CT molecular complexity index is 856.